The van der Waals surface area contributed by atoms with Gasteiger partial charge in [0.1, 0.15) is 23.9 Å². The number of nitrogen functional groups attached to an aromatic ring is 1. The highest BCUT2D eigenvalue weighted by molar-refractivity contribution is 7.15. The van der Waals surface area contributed by atoms with Gasteiger partial charge in [0.05, 0.1) is 25.4 Å². The van der Waals surface area contributed by atoms with Crippen LogP contribution in [0.5, 0.6) is 17.2 Å². The smallest absolute Gasteiger partial charge is 0.315 e. The number of anilines is 1. The summed E-state index contributed by atoms with van der Waals surface area (Å²) in [5.74, 6) is 1.23. The second kappa shape index (κ2) is 14.3. The van der Waals surface area contributed by atoms with E-state index in [2.05, 4.69) is 25.8 Å². The number of ether oxygens (including phenoxy) is 4. The van der Waals surface area contributed by atoms with Crippen molar-refractivity contribution >= 4 is 28.4 Å². The van der Waals surface area contributed by atoms with Crippen molar-refractivity contribution in [1.29, 1.82) is 0 Å². The molecule has 3 aromatic rings. The quantitative estimate of drug-likeness (QED) is 0.315. The maximum atomic E-state index is 13.0. The fourth-order valence-corrected chi connectivity index (χ4v) is 5.60. The van der Waals surface area contributed by atoms with E-state index in [0.717, 1.165) is 23.4 Å². The van der Waals surface area contributed by atoms with E-state index >= 15 is 0 Å². The van der Waals surface area contributed by atoms with Crippen molar-refractivity contribution in [1.82, 2.24) is 25.8 Å². The Bertz CT molecular complexity index is 1370. The Labute approximate surface area is 248 Å². The lowest BCUT2D eigenvalue weighted by atomic mass is 10.0. The van der Waals surface area contributed by atoms with Crippen molar-refractivity contribution in [3.63, 3.8) is 0 Å². The molecule has 42 heavy (non-hydrogen) atoms. The molecule has 1 fully saturated rings. The van der Waals surface area contributed by atoms with E-state index in [1.54, 1.807) is 31.5 Å². The number of piperidine rings is 1. The van der Waals surface area contributed by atoms with Gasteiger partial charge in [0.15, 0.2) is 5.13 Å². The Hall–Kier alpha value is -3.91. The summed E-state index contributed by atoms with van der Waals surface area (Å²) in [7, 11) is 1.59. The minimum atomic E-state index is -0.308. The lowest BCUT2D eigenvalue weighted by Gasteiger charge is -2.38. The summed E-state index contributed by atoms with van der Waals surface area (Å²) >= 11 is 1.47. The normalized spacial score (nSPS) is 20.1. The summed E-state index contributed by atoms with van der Waals surface area (Å²) in [6, 6.07) is 12.1. The Morgan fingerprint density at radius 3 is 2.83 bits per heavy atom. The summed E-state index contributed by atoms with van der Waals surface area (Å²) in [5, 5.41) is 9.29. The molecule has 12 nitrogen and oxygen atoms in total. The third kappa shape index (κ3) is 8.32. The van der Waals surface area contributed by atoms with Crippen LogP contribution in [-0.4, -0.2) is 80.5 Å². The van der Waals surface area contributed by atoms with Gasteiger partial charge in [0.25, 0.3) is 5.91 Å². The molecule has 3 heterocycles. The van der Waals surface area contributed by atoms with E-state index in [1.165, 1.54) is 11.3 Å². The SMILES string of the molecule is COCCOc1cc2cc(c1)C(=O)NCCNC(=O)N[C@H]1CCN(Cc3cnc(N)s3)C[C@@H]1OCc1cccc(c1)O2. The molecule has 4 bridgehead atoms. The summed E-state index contributed by atoms with van der Waals surface area (Å²) in [5.41, 5.74) is 7.11. The molecule has 0 unspecified atom stereocenters. The lowest BCUT2D eigenvalue weighted by molar-refractivity contribution is -0.0301. The van der Waals surface area contributed by atoms with E-state index in [4.69, 9.17) is 24.7 Å². The predicted molar refractivity (Wildman–Crippen MR) is 158 cm³/mol. The first-order chi connectivity index (χ1) is 20.4. The maximum Gasteiger partial charge on any atom is 0.315 e. The van der Waals surface area contributed by atoms with Crippen LogP contribution in [0, 0.1) is 0 Å². The van der Waals surface area contributed by atoms with Gasteiger partial charge in [-0.25, -0.2) is 9.78 Å². The van der Waals surface area contributed by atoms with Gasteiger partial charge >= 0.3 is 6.03 Å². The molecule has 0 saturated carbocycles. The number of likely N-dealkylation sites (tertiary alicyclic amines) is 1. The molecule has 1 saturated heterocycles. The first-order valence-corrected chi connectivity index (χ1v) is 14.7. The lowest BCUT2D eigenvalue weighted by Crippen LogP contribution is -2.56. The minimum Gasteiger partial charge on any atom is -0.491 e. The van der Waals surface area contributed by atoms with Gasteiger partial charge in [-0.05, 0) is 36.2 Å². The van der Waals surface area contributed by atoms with E-state index in [1.807, 2.05) is 24.3 Å². The maximum absolute atomic E-state index is 13.0. The number of thiazole rings is 1. The number of carbonyl (C=O) groups is 2. The van der Waals surface area contributed by atoms with Crippen molar-refractivity contribution in [3.05, 3.63) is 64.7 Å². The molecule has 1 aromatic heterocycles. The summed E-state index contributed by atoms with van der Waals surface area (Å²) in [4.78, 5) is 33.3. The fraction of sp³-hybridized carbons (Fsp3) is 0.414. The molecular weight excluding hydrogens is 560 g/mol. The van der Waals surface area contributed by atoms with Crippen LogP contribution >= 0.6 is 11.3 Å². The number of benzene rings is 2. The average molecular weight is 597 g/mol. The zero-order valence-corrected chi connectivity index (χ0v) is 24.3. The molecule has 3 amide bonds. The number of rotatable bonds is 6. The van der Waals surface area contributed by atoms with Crippen molar-refractivity contribution < 1.29 is 28.5 Å². The van der Waals surface area contributed by atoms with Crippen LogP contribution in [-0.2, 0) is 22.6 Å². The highest BCUT2D eigenvalue weighted by Crippen LogP contribution is 2.29. The number of amides is 3. The molecule has 224 valence electrons. The molecule has 5 N–H and O–H groups in total. The number of methoxy groups -OCH3 is 1. The standard InChI is InChI=1S/C29H36N6O6S/c1-38-9-10-39-22-12-20-13-23(14-22)41-21-4-2-3-19(11-21)18-40-26-17-35(16-24-15-33-28(30)42-24)8-5-25(26)34-29(37)32-7-6-31-27(20)36/h2-4,11-15,25-26H,5-10,16-18H2,1H3,(H2,30,33)(H,31,36)(H2,32,34,37)/t25-,26-/m0/s1. The van der Waals surface area contributed by atoms with Crippen LogP contribution in [0.25, 0.3) is 0 Å². The van der Waals surface area contributed by atoms with Crippen LogP contribution in [0.15, 0.2) is 48.7 Å². The molecular formula is C29H36N6O6S. The summed E-state index contributed by atoms with van der Waals surface area (Å²) < 4.78 is 23.4. The second-order valence-corrected chi connectivity index (χ2v) is 11.2. The van der Waals surface area contributed by atoms with Gasteiger partial charge in [-0.3, -0.25) is 9.69 Å². The Morgan fingerprint density at radius 2 is 2.00 bits per heavy atom. The predicted octanol–water partition coefficient (Wildman–Crippen LogP) is 2.75. The average Bonchev–Trinajstić information content (AvgIpc) is 3.39. The van der Waals surface area contributed by atoms with Crippen LogP contribution in [0.3, 0.4) is 0 Å². The number of fused-ring (bicyclic) bond motifs is 5. The highest BCUT2D eigenvalue weighted by atomic mass is 32.1. The van der Waals surface area contributed by atoms with Crippen LogP contribution in [0.4, 0.5) is 9.93 Å². The van der Waals surface area contributed by atoms with E-state index in [9.17, 15) is 9.59 Å². The number of hydrogen-bond donors (Lipinski definition) is 4. The van der Waals surface area contributed by atoms with Gasteiger partial charge in [-0.2, -0.15) is 0 Å². The topological polar surface area (TPSA) is 149 Å². The number of carbonyl (C=O) groups excluding carboxylic acids is 2. The van der Waals surface area contributed by atoms with Gasteiger partial charge in [0.2, 0.25) is 0 Å². The first-order valence-electron chi connectivity index (χ1n) is 13.9. The molecule has 2 aromatic carbocycles. The second-order valence-electron chi connectivity index (χ2n) is 10.1. The molecule has 2 atom stereocenters. The molecule has 5 rings (SSSR count). The monoisotopic (exact) mass is 596 g/mol. The van der Waals surface area contributed by atoms with Gasteiger partial charge in [-0.15, -0.1) is 11.3 Å². The Kier molecular flexibility index (Phi) is 10.1. The molecule has 0 spiro atoms. The van der Waals surface area contributed by atoms with Gasteiger partial charge in [-0.1, -0.05) is 12.1 Å². The van der Waals surface area contributed by atoms with Crippen LogP contribution < -0.4 is 31.2 Å². The van der Waals surface area contributed by atoms with Crippen molar-refractivity contribution in [3.8, 4) is 17.2 Å². The van der Waals surface area contributed by atoms with Gasteiger partial charge in [0, 0.05) is 62.5 Å². The number of hydrogen-bond acceptors (Lipinski definition) is 10. The largest absolute Gasteiger partial charge is 0.491 e. The highest BCUT2D eigenvalue weighted by Gasteiger charge is 2.31. The number of nitrogens with two attached hydrogens (primary N) is 1. The number of urea groups is 1. The zero-order valence-electron chi connectivity index (χ0n) is 23.5. The van der Waals surface area contributed by atoms with Crippen molar-refractivity contribution in [2.75, 3.05) is 52.2 Å². The summed E-state index contributed by atoms with van der Waals surface area (Å²) in [6.45, 7) is 3.70. The van der Waals surface area contributed by atoms with Gasteiger partial charge < -0.3 is 40.6 Å². The number of nitrogens with one attached hydrogen (secondary N) is 3. The molecule has 0 radical (unpaired) electrons. The Morgan fingerprint density at radius 1 is 1.12 bits per heavy atom. The number of nitrogens with zero attached hydrogens (tertiary/aromatic N) is 2. The van der Waals surface area contributed by atoms with Crippen molar-refractivity contribution in [2.24, 2.45) is 0 Å². The molecule has 2 aliphatic heterocycles. The molecule has 13 heteroatoms. The van der Waals surface area contributed by atoms with E-state index in [0.29, 0.717) is 60.9 Å². The Balaban J connectivity index is 1.35. The third-order valence-corrected chi connectivity index (χ3v) is 7.71. The van der Waals surface area contributed by atoms with E-state index in [-0.39, 0.29) is 37.2 Å². The fourth-order valence-electron chi connectivity index (χ4n) is 4.87. The molecule has 2 aliphatic rings. The zero-order chi connectivity index (χ0) is 29.3. The van der Waals surface area contributed by atoms with Crippen LogP contribution in [0.2, 0.25) is 0 Å². The van der Waals surface area contributed by atoms with Crippen LogP contribution in [0.1, 0.15) is 27.2 Å². The molecule has 0 aliphatic carbocycles. The summed E-state index contributed by atoms with van der Waals surface area (Å²) in [6.07, 6.45) is 2.27. The van der Waals surface area contributed by atoms with Crippen molar-refractivity contribution in [2.45, 2.75) is 31.7 Å². The number of aromatic nitrogens is 1. The minimum absolute atomic E-state index is 0.183. The van der Waals surface area contributed by atoms with E-state index < -0.39 is 0 Å². The first kappa shape index (κ1) is 29.6. The third-order valence-electron chi connectivity index (χ3n) is 6.90.